The van der Waals surface area contributed by atoms with Crippen LogP contribution in [-0.4, -0.2) is 43.6 Å². The second-order valence-corrected chi connectivity index (χ2v) is 37.2. The predicted molar refractivity (Wildman–Crippen MR) is 584 cm³/mol. The second kappa shape index (κ2) is 31.5. The molecular formula is C128H75N9O2S. The molecule has 9 aromatic heterocycles. The zero-order valence-electron chi connectivity index (χ0n) is 75.1. The van der Waals surface area contributed by atoms with Crippen LogP contribution in [0.4, 0.5) is 0 Å². The van der Waals surface area contributed by atoms with E-state index in [1.54, 1.807) is 11.3 Å². The average molecular weight is 1800 g/mol. The van der Waals surface area contributed by atoms with Crippen molar-refractivity contribution < 1.29 is 8.83 Å². The molecule has 0 spiro atoms. The van der Waals surface area contributed by atoms with E-state index in [0.717, 1.165) is 149 Å². The van der Waals surface area contributed by atoms with Crippen LogP contribution in [0.5, 0.6) is 0 Å². The standard InChI is InChI=1S/C44H25N3O.C42H25N3O.C42H25N3S/c1-2-13-28-25-38-36(23-27(28)12-1)40-31-16-6-3-11-26(31)21-22-37(40)47(38)43-41(45-42-34-19-9-10-20-39(34)48-44(42)46-43)35-24-29-14-4-5-15-30(29)32-17-7-8-18-33(32)35;2*1-2-10-26(11-3-1)27-18-20-29(21-19-27)39-41(44-42-40(43-39)33-16-8-9-17-37(33)46-42)45-35-23-22-28-12-6-7-15-32(28)38(35)34-24-30-13-4-5-14-31(30)25-36(34)45/h1-25H;2*1-25H. The summed E-state index contributed by atoms with van der Waals surface area (Å²) in [6.45, 7) is 0. The van der Waals surface area contributed by atoms with Crippen molar-refractivity contribution in [3.63, 3.8) is 0 Å². The number of benzene rings is 22. The number of rotatable bonds is 8. The number of fused-ring (bicyclic) bond motifs is 30. The molecule has 31 aromatic rings. The Hall–Kier alpha value is -18.6. The van der Waals surface area contributed by atoms with Crippen LogP contribution in [0.25, 0.3) is 290 Å². The van der Waals surface area contributed by atoms with Crippen molar-refractivity contribution in [1.82, 2.24) is 43.6 Å². The molecule has 0 saturated carbocycles. The molecule has 12 heteroatoms. The Morgan fingerprint density at radius 2 is 0.500 bits per heavy atom. The Bertz CT molecular complexity index is 10200. The lowest BCUT2D eigenvalue weighted by Crippen LogP contribution is -2.03. The van der Waals surface area contributed by atoms with Gasteiger partial charge in [0.1, 0.15) is 49.6 Å². The molecule has 0 aliphatic rings. The summed E-state index contributed by atoms with van der Waals surface area (Å²) in [6, 6.07) is 161. The van der Waals surface area contributed by atoms with Gasteiger partial charge in [0.25, 0.3) is 0 Å². The van der Waals surface area contributed by atoms with Crippen LogP contribution < -0.4 is 0 Å². The molecule has 0 radical (unpaired) electrons. The lowest BCUT2D eigenvalue weighted by atomic mass is 9.95. The van der Waals surface area contributed by atoms with Crippen molar-refractivity contribution >= 4 is 228 Å². The maximum atomic E-state index is 6.42. The van der Waals surface area contributed by atoms with E-state index in [1.807, 2.05) is 42.5 Å². The summed E-state index contributed by atoms with van der Waals surface area (Å²) < 4.78 is 20.9. The highest BCUT2D eigenvalue weighted by atomic mass is 32.1. The maximum Gasteiger partial charge on any atom is 0.248 e. The predicted octanol–water partition coefficient (Wildman–Crippen LogP) is 34.4. The van der Waals surface area contributed by atoms with Gasteiger partial charge in [0.2, 0.25) is 11.4 Å². The summed E-state index contributed by atoms with van der Waals surface area (Å²) in [5.74, 6) is 2.33. The molecule has 650 valence electrons. The highest BCUT2D eigenvalue weighted by Gasteiger charge is 2.30. The molecule has 0 bridgehead atoms. The molecule has 0 unspecified atom stereocenters. The first-order chi connectivity index (χ1) is 69.4. The fourth-order valence-electron chi connectivity index (χ4n) is 21.8. The summed E-state index contributed by atoms with van der Waals surface area (Å²) in [6.07, 6.45) is 0. The molecule has 22 aromatic carbocycles. The summed E-state index contributed by atoms with van der Waals surface area (Å²) in [5, 5.41) is 29.5. The van der Waals surface area contributed by atoms with E-state index in [9.17, 15) is 0 Å². The average Bonchev–Trinajstić information content (AvgIpc) is 1.55. The van der Waals surface area contributed by atoms with Crippen LogP contribution in [-0.2, 0) is 0 Å². The topological polar surface area (TPSA) is 118 Å². The monoisotopic (exact) mass is 1800 g/mol. The molecule has 0 N–H and O–H groups in total. The van der Waals surface area contributed by atoms with Crippen LogP contribution in [0.3, 0.4) is 0 Å². The molecule has 0 aliphatic heterocycles. The number of aromatic nitrogens is 9. The first-order valence-corrected chi connectivity index (χ1v) is 48.1. The first-order valence-electron chi connectivity index (χ1n) is 47.3. The van der Waals surface area contributed by atoms with Gasteiger partial charge in [0.15, 0.2) is 17.5 Å². The summed E-state index contributed by atoms with van der Waals surface area (Å²) in [5.41, 5.74) is 21.9. The van der Waals surface area contributed by atoms with Gasteiger partial charge >= 0.3 is 0 Å². The van der Waals surface area contributed by atoms with Gasteiger partial charge in [0.05, 0.1) is 33.1 Å². The van der Waals surface area contributed by atoms with Crippen molar-refractivity contribution in [2.45, 2.75) is 0 Å². The van der Waals surface area contributed by atoms with Crippen LogP contribution in [0, 0.1) is 0 Å². The van der Waals surface area contributed by atoms with Gasteiger partial charge in [-0.15, -0.1) is 11.3 Å². The summed E-state index contributed by atoms with van der Waals surface area (Å²) >= 11 is 1.71. The third-order valence-electron chi connectivity index (χ3n) is 28.3. The second-order valence-electron chi connectivity index (χ2n) is 36.2. The van der Waals surface area contributed by atoms with Crippen molar-refractivity contribution in [1.29, 1.82) is 0 Å². The summed E-state index contributed by atoms with van der Waals surface area (Å²) in [7, 11) is 0. The van der Waals surface area contributed by atoms with Gasteiger partial charge in [-0.2, -0.15) is 9.97 Å². The molecule has 0 saturated heterocycles. The van der Waals surface area contributed by atoms with E-state index in [2.05, 4.69) is 426 Å². The van der Waals surface area contributed by atoms with Gasteiger partial charge in [0, 0.05) is 69.9 Å². The van der Waals surface area contributed by atoms with Crippen molar-refractivity contribution in [3.05, 3.63) is 455 Å². The third-order valence-corrected chi connectivity index (χ3v) is 29.4. The fraction of sp³-hybridized carbons (Fsp3) is 0. The third kappa shape index (κ3) is 12.5. The number of para-hydroxylation sites is 2. The lowest BCUT2D eigenvalue weighted by molar-refractivity contribution is 0.651. The zero-order valence-corrected chi connectivity index (χ0v) is 75.9. The van der Waals surface area contributed by atoms with Crippen molar-refractivity contribution in [2.24, 2.45) is 0 Å². The fourth-order valence-corrected chi connectivity index (χ4v) is 22.8. The number of hydrogen-bond donors (Lipinski definition) is 0. The molecule has 0 fully saturated rings. The molecule has 9 heterocycles. The largest absolute Gasteiger partial charge is 0.436 e. The maximum absolute atomic E-state index is 6.42. The lowest BCUT2D eigenvalue weighted by Gasteiger charge is -2.15. The van der Waals surface area contributed by atoms with Gasteiger partial charge in [-0.1, -0.05) is 364 Å². The highest BCUT2D eigenvalue weighted by Crippen LogP contribution is 2.49. The SMILES string of the molecule is c1ccc(-c2ccc(-c3nc4c(nc3-n3c5cc6ccccc6cc5c5c6ccccc6ccc53)oc3ccccc34)cc2)cc1.c1ccc(-c2ccc(-c3nc4c(nc3-n3c5cc6ccccc6cc5c5c6ccccc6ccc53)sc3ccccc34)cc2)cc1.c1ccc2cc3c(cc2c1)c1c2ccccc2ccc1n3-c1nc2oc3ccccc3c2nc1-c1cc2ccccc2c2ccccc12. The first kappa shape index (κ1) is 78.8. The Labute approximate surface area is 802 Å². The molecule has 0 atom stereocenters. The van der Waals surface area contributed by atoms with E-state index in [-0.39, 0.29) is 0 Å². The zero-order chi connectivity index (χ0) is 91.7. The van der Waals surface area contributed by atoms with E-state index in [1.165, 1.54) is 129 Å². The number of furan rings is 2. The summed E-state index contributed by atoms with van der Waals surface area (Å²) in [4.78, 5) is 33.5. The minimum atomic E-state index is 0.525. The van der Waals surface area contributed by atoms with E-state index < -0.39 is 0 Å². The number of nitrogens with zero attached hydrogens (tertiary/aromatic N) is 9. The number of thiophene rings is 1. The molecule has 140 heavy (non-hydrogen) atoms. The van der Waals surface area contributed by atoms with Crippen LogP contribution in [0.15, 0.2) is 464 Å². The Balaban J connectivity index is 0.000000101. The van der Waals surface area contributed by atoms with Gasteiger partial charge in [-0.25, -0.2) is 19.9 Å². The minimum absolute atomic E-state index is 0.525. The normalized spacial score (nSPS) is 12.0. The van der Waals surface area contributed by atoms with Crippen LogP contribution in [0.1, 0.15) is 0 Å². The van der Waals surface area contributed by atoms with E-state index >= 15 is 0 Å². The molecule has 31 rings (SSSR count). The quantitative estimate of drug-likeness (QED) is 0.138. The van der Waals surface area contributed by atoms with Crippen molar-refractivity contribution in [3.8, 4) is 73.5 Å². The Morgan fingerprint density at radius 1 is 0.186 bits per heavy atom. The van der Waals surface area contributed by atoms with E-state index in [0.29, 0.717) is 11.4 Å². The van der Waals surface area contributed by atoms with Gasteiger partial charge in [-0.3, -0.25) is 13.7 Å². The molecule has 11 nitrogen and oxygen atoms in total. The van der Waals surface area contributed by atoms with Crippen LogP contribution in [0.2, 0.25) is 0 Å². The van der Waals surface area contributed by atoms with E-state index in [4.69, 9.17) is 38.7 Å². The molecular weight excluding hydrogens is 1730 g/mol. The van der Waals surface area contributed by atoms with Gasteiger partial charge < -0.3 is 8.83 Å². The smallest absolute Gasteiger partial charge is 0.248 e. The Kier molecular flexibility index (Phi) is 17.7. The number of hydrogen-bond acceptors (Lipinski definition) is 9. The molecule has 0 aliphatic carbocycles. The minimum Gasteiger partial charge on any atom is -0.436 e. The molecule has 0 amide bonds. The van der Waals surface area contributed by atoms with Crippen LogP contribution >= 0.6 is 11.3 Å². The Morgan fingerprint density at radius 3 is 0.943 bits per heavy atom. The highest BCUT2D eigenvalue weighted by molar-refractivity contribution is 7.25. The van der Waals surface area contributed by atoms with Crippen molar-refractivity contribution in [2.75, 3.05) is 0 Å². The van der Waals surface area contributed by atoms with Gasteiger partial charge in [-0.05, 0) is 199 Å².